The van der Waals surface area contributed by atoms with E-state index >= 15 is 0 Å². The van der Waals surface area contributed by atoms with Gasteiger partial charge in [-0.2, -0.15) is 0 Å². The number of aromatic hydroxyl groups is 1. The largest absolute Gasteiger partial charge is 0.508 e. The molecular weight excluding hydrogens is 448 g/mol. The summed E-state index contributed by atoms with van der Waals surface area (Å²) in [5.74, 6) is -4.54. The van der Waals surface area contributed by atoms with Gasteiger partial charge in [0.2, 0.25) is 23.6 Å². The van der Waals surface area contributed by atoms with Crippen LogP contribution in [0.2, 0.25) is 0 Å². The van der Waals surface area contributed by atoms with Gasteiger partial charge in [0.1, 0.15) is 23.9 Å². The zero-order valence-electron chi connectivity index (χ0n) is 18.7. The maximum absolute atomic E-state index is 12.9. The Kier molecular flexibility index (Phi) is 12.0. The summed E-state index contributed by atoms with van der Waals surface area (Å²) >= 11 is 0. The van der Waals surface area contributed by atoms with E-state index in [9.17, 15) is 34.2 Å². The molecule has 0 aliphatic heterocycles. The highest BCUT2D eigenvalue weighted by Gasteiger charge is 2.30. The zero-order chi connectivity index (χ0) is 25.7. The molecule has 0 aromatic heterocycles. The van der Waals surface area contributed by atoms with Crippen molar-refractivity contribution in [1.82, 2.24) is 16.0 Å². The minimum atomic E-state index is -1.60. The Morgan fingerprint density at radius 3 is 1.97 bits per heavy atom. The second-order valence-corrected chi connectivity index (χ2v) is 7.61. The van der Waals surface area contributed by atoms with Crippen molar-refractivity contribution in [2.75, 3.05) is 13.1 Å². The maximum atomic E-state index is 12.9. The van der Waals surface area contributed by atoms with Crippen LogP contribution in [0.3, 0.4) is 0 Å². The summed E-state index contributed by atoms with van der Waals surface area (Å²) in [7, 11) is 0. The molecule has 11 N–H and O–H groups in total. The number of amides is 4. The van der Waals surface area contributed by atoms with Crippen LogP contribution in [0.4, 0.5) is 0 Å². The summed E-state index contributed by atoms with van der Waals surface area (Å²) in [6.07, 6.45) is 0.652. The van der Waals surface area contributed by atoms with Gasteiger partial charge < -0.3 is 43.4 Å². The molecule has 0 spiro atoms. The molecule has 1 rings (SSSR count). The van der Waals surface area contributed by atoms with Gasteiger partial charge in [-0.05, 0) is 43.5 Å². The van der Waals surface area contributed by atoms with Gasteiger partial charge in [-0.3, -0.25) is 19.2 Å². The molecule has 1 aromatic carbocycles. The number of hydrogen-bond donors (Lipinski definition) is 8. The molecular formula is C21H32N6O7. The van der Waals surface area contributed by atoms with Crippen molar-refractivity contribution < 1.29 is 34.2 Å². The fourth-order valence-electron chi connectivity index (χ4n) is 3.04. The van der Waals surface area contributed by atoms with Crippen molar-refractivity contribution >= 4 is 29.6 Å². The predicted molar refractivity (Wildman–Crippen MR) is 121 cm³/mol. The SMILES string of the molecule is NCCCCC(NC(=O)CN)C(=O)NC(Cc1ccc(O)cc1)C(=O)NC(CC(N)=O)C(=O)O. The van der Waals surface area contributed by atoms with Crippen LogP contribution in [-0.2, 0) is 30.4 Å². The van der Waals surface area contributed by atoms with E-state index < -0.39 is 54.1 Å². The van der Waals surface area contributed by atoms with Gasteiger partial charge in [0.25, 0.3) is 0 Å². The molecule has 13 heteroatoms. The Morgan fingerprint density at radius 1 is 0.853 bits per heavy atom. The normalized spacial score (nSPS) is 13.2. The molecule has 4 amide bonds. The smallest absolute Gasteiger partial charge is 0.326 e. The first kappa shape index (κ1) is 28.3. The number of carboxylic acids is 1. The molecule has 0 heterocycles. The van der Waals surface area contributed by atoms with Crippen LogP contribution in [0.5, 0.6) is 5.75 Å². The number of primary amides is 1. The van der Waals surface area contributed by atoms with Crippen molar-refractivity contribution in [3.05, 3.63) is 29.8 Å². The number of unbranched alkanes of at least 4 members (excludes halogenated alkanes) is 1. The van der Waals surface area contributed by atoms with Gasteiger partial charge in [-0.15, -0.1) is 0 Å². The summed E-state index contributed by atoms with van der Waals surface area (Å²) in [4.78, 5) is 60.2. The predicted octanol–water partition coefficient (Wildman–Crippen LogP) is -2.56. The highest BCUT2D eigenvalue weighted by molar-refractivity contribution is 5.94. The van der Waals surface area contributed by atoms with Crippen LogP contribution in [0.25, 0.3) is 0 Å². The van der Waals surface area contributed by atoms with Crippen LogP contribution in [0.1, 0.15) is 31.2 Å². The standard InChI is InChI=1S/C21H32N6O7/c22-8-2-1-3-14(25-18(30)11-23)19(31)26-15(9-12-4-6-13(28)7-5-12)20(32)27-16(21(33)34)10-17(24)29/h4-7,14-16,28H,1-3,8-11,22-23H2,(H2,24,29)(H,25,30)(H,26,31)(H,27,32)(H,33,34). The summed E-state index contributed by atoms with van der Waals surface area (Å²) < 4.78 is 0. The number of rotatable bonds is 15. The molecule has 0 aliphatic carbocycles. The van der Waals surface area contributed by atoms with E-state index in [1.165, 1.54) is 24.3 Å². The fourth-order valence-corrected chi connectivity index (χ4v) is 3.04. The third-order valence-corrected chi connectivity index (χ3v) is 4.81. The average molecular weight is 481 g/mol. The van der Waals surface area contributed by atoms with Gasteiger partial charge in [0.15, 0.2) is 0 Å². The van der Waals surface area contributed by atoms with Crippen LogP contribution >= 0.6 is 0 Å². The van der Waals surface area contributed by atoms with Crippen LogP contribution in [-0.4, -0.2) is 71.0 Å². The molecule has 34 heavy (non-hydrogen) atoms. The lowest BCUT2D eigenvalue weighted by Crippen LogP contribution is -2.57. The highest BCUT2D eigenvalue weighted by Crippen LogP contribution is 2.12. The molecule has 0 saturated heterocycles. The number of carbonyl (C=O) groups excluding carboxylic acids is 4. The third kappa shape index (κ3) is 10.3. The molecule has 0 saturated carbocycles. The minimum Gasteiger partial charge on any atom is -0.508 e. The number of nitrogens with one attached hydrogen (secondary N) is 3. The summed E-state index contributed by atoms with van der Waals surface area (Å²) in [6.45, 7) is 0.0486. The summed E-state index contributed by atoms with van der Waals surface area (Å²) in [5.41, 5.74) is 16.4. The Balaban J connectivity index is 3.10. The number of hydrogen-bond acceptors (Lipinski definition) is 8. The van der Waals surface area contributed by atoms with E-state index in [2.05, 4.69) is 16.0 Å². The Labute approximate surface area is 196 Å². The van der Waals surface area contributed by atoms with Crippen LogP contribution < -0.4 is 33.2 Å². The van der Waals surface area contributed by atoms with Crippen molar-refractivity contribution in [2.45, 2.75) is 50.2 Å². The fraction of sp³-hybridized carbons (Fsp3) is 0.476. The first-order chi connectivity index (χ1) is 16.1. The van der Waals surface area contributed by atoms with E-state index in [4.69, 9.17) is 17.2 Å². The highest BCUT2D eigenvalue weighted by atomic mass is 16.4. The van der Waals surface area contributed by atoms with E-state index in [-0.39, 0.29) is 25.1 Å². The van der Waals surface area contributed by atoms with E-state index in [0.717, 1.165) is 0 Å². The van der Waals surface area contributed by atoms with Gasteiger partial charge in [0.05, 0.1) is 13.0 Å². The molecule has 0 bridgehead atoms. The zero-order valence-corrected chi connectivity index (χ0v) is 18.7. The van der Waals surface area contributed by atoms with Gasteiger partial charge in [0, 0.05) is 6.42 Å². The first-order valence-corrected chi connectivity index (χ1v) is 10.7. The second-order valence-electron chi connectivity index (χ2n) is 7.61. The summed E-state index contributed by atoms with van der Waals surface area (Å²) in [6, 6.07) is 1.95. The minimum absolute atomic E-state index is 0.00866. The molecule has 1 aromatic rings. The van der Waals surface area contributed by atoms with Gasteiger partial charge in [-0.1, -0.05) is 12.1 Å². The molecule has 0 aliphatic rings. The van der Waals surface area contributed by atoms with Crippen molar-refractivity contribution in [2.24, 2.45) is 17.2 Å². The first-order valence-electron chi connectivity index (χ1n) is 10.7. The van der Waals surface area contributed by atoms with Crippen molar-refractivity contribution in [3.63, 3.8) is 0 Å². The number of benzene rings is 1. The number of phenols is 1. The molecule has 3 unspecified atom stereocenters. The molecule has 0 fully saturated rings. The average Bonchev–Trinajstić information content (AvgIpc) is 2.78. The number of phenolic OH excluding ortho intramolecular Hbond substituents is 1. The van der Waals surface area contributed by atoms with Crippen LogP contribution in [0.15, 0.2) is 24.3 Å². The molecule has 3 atom stereocenters. The number of aliphatic carboxylic acids is 1. The quantitative estimate of drug-likeness (QED) is 0.123. The van der Waals surface area contributed by atoms with E-state index in [1.54, 1.807) is 0 Å². The molecule has 13 nitrogen and oxygen atoms in total. The second kappa shape index (κ2) is 14.4. The van der Waals surface area contributed by atoms with Gasteiger partial charge in [-0.25, -0.2) is 4.79 Å². The lowest BCUT2D eigenvalue weighted by molar-refractivity contribution is -0.143. The van der Waals surface area contributed by atoms with E-state index in [0.29, 0.717) is 24.9 Å². The van der Waals surface area contributed by atoms with Crippen LogP contribution in [0, 0.1) is 0 Å². The lowest BCUT2D eigenvalue weighted by atomic mass is 10.0. The Morgan fingerprint density at radius 2 is 1.44 bits per heavy atom. The topological polar surface area (TPSA) is 240 Å². The third-order valence-electron chi connectivity index (χ3n) is 4.81. The lowest BCUT2D eigenvalue weighted by Gasteiger charge is -2.24. The van der Waals surface area contributed by atoms with Gasteiger partial charge >= 0.3 is 5.97 Å². The Bertz CT molecular complexity index is 862. The molecule has 188 valence electrons. The molecule has 0 radical (unpaired) electrons. The summed E-state index contributed by atoms with van der Waals surface area (Å²) in [5, 5.41) is 26.0. The number of carboxylic acid groups (broad SMARTS) is 1. The van der Waals surface area contributed by atoms with E-state index in [1.807, 2.05) is 0 Å². The van der Waals surface area contributed by atoms with Crippen molar-refractivity contribution in [3.8, 4) is 5.75 Å². The number of carbonyl (C=O) groups is 5. The maximum Gasteiger partial charge on any atom is 0.326 e. The van der Waals surface area contributed by atoms with Crippen molar-refractivity contribution in [1.29, 1.82) is 0 Å². The monoisotopic (exact) mass is 480 g/mol. The Hall–Kier alpha value is -3.71. The number of nitrogens with two attached hydrogens (primary N) is 3.